The molecule has 2 amide bonds. The van der Waals surface area contributed by atoms with Crippen molar-refractivity contribution in [2.75, 3.05) is 26.3 Å². The van der Waals surface area contributed by atoms with Crippen LogP contribution in [0.3, 0.4) is 0 Å². The number of hydrogen-bond donors (Lipinski definition) is 3. The number of ether oxygens (including phenoxy) is 1. The number of urea groups is 1. The molecule has 9 heteroatoms. The SMILES string of the molecule is O=C(O)COCCNC(=O)NCCn1ccnn1. The van der Waals surface area contributed by atoms with Crippen molar-refractivity contribution in [2.24, 2.45) is 0 Å². The van der Waals surface area contributed by atoms with Gasteiger partial charge in [-0.1, -0.05) is 5.21 Å². The van der Waals surface area contributed by atoms with Crippen LogP contribution in [0.15, 0.2) is 12.4 Å². The molecule has 1 aromatic heterocycles. The molecule has 0 spiro atoms. The molecule has 9 nitrogen and oxygen atoms in total. The van der Waals surface area contributed by atoms with Crippen molar-refractivity contribution in [2.45, 2.75) is 6.54 Å². The topological polar surface area (TPSA) is 118 Å². The van der Waals surface area contributed by atoms with Crippen LogP contribution in [-0.4, -0.2) is 58.4 Å². The summed E-state index contributed by atoms with van der Waals surface area (Å²) in [5.74, 6) is -1.03. The van der Waals surface area contributed by atoms with Crippen LogP contribution < -0.4 is 10.6 Å². The number of nitrogens with one attached hydrogen (secondary N) is 2. The number of carbonyl (C=O) groups is 2. The zero-order valence-corrected chi connectivity index (χ0v) is 9.70. The highest BCUT2D eigenvalue weighted by atomic mass is 16.5. The lowest BCUT2D eigenvalue weighted by Gasteiger charge is -2.07. The summed E-state index contributed by atoms with van der Waals surface area (Å²) in [5.41, 5.74) is 0. The lowest BCUT2D eigenvalue weighted by Crippen LogP contribution is -2.39. The van der Waals surface area contributed by atoms with E-state index in [0.29, 0.717) is 13.1 Å². The maximum atomic E-state index is 11.2. The van der Waals surface area contributed by atoms with Gasteiger partial charge in [0.15, 0.2) is 0 Å². The van der Waals surface area contributed by atoms with Crippen LogP contribution in [0.2, 0.25) is 0 Å². The van der Waals surface area contributed by atoms with Gasteiger partial charge in [0.2, 0.25) is 0 Å². The molecule has 1 rings (SSSR count). The quantitative estimate of drug-likeness (QED) is 0.497. The number of hydrogen-bond acceptors (Lipinski definition) is 5. The Morgan fingerprint density at radius 1 is 1.33 bits per heavy atom. The Morgan fingerprint density at radius 3 is 2.78 bits per heavy atom. The van der Waals surface area contributed by atoms with Crippen LogP contribution in [0.25, 0.3) is 0 Å². The zero-order chi connectivity index (χ0) is 13.2. The second kappa shape index (κ2) is 8.01. The third kappa shape index (κ3) is 6.43. The molecule has 0 atom stereocenters. The summed E-state index contributed by atoms with van der Waals surface area (Å²) < 4.78 is 6.34. The third-order valence-corrected chi connectivity index (χ3v) is 1.86. The summed E-state index contributed by atoms with van der Waals surface area (Å²) in [4.78, 5) is 21.3. The lowest BCUT2D eigenvalue weighted by atomic mass is 10.6. The summed E-state index contributed by atoms with van der Waals surface area (Å²) in [5, 5.41) is 20.8. The van der Waals surface area contributed by atoms with Crippen molar-refractivity contribution < 1.29 is 19.4 Å². The Labute approximate surface area is 103 Å². The molecule has 0 bridgehead atoms. The van der Waals surface area contributed by atoms with Gasteiger partial charge in [0.1, 0.15) is 6.61 Å². The fourth-order valence-corrected chi connectivity index (χ4v) is 1.09. The fourth-order valence-electron chi connectivity index (χ4n) is 1.09. The molecule has 0 saturated heterocycles. The van der Waals surface area contributed by atoms with Crippen molar-refractivity contribution >= 4 is 12.0 Å². The molecule has 0 unspecified atom stereocenters. The molecule has 0 aromatic carbocycles. The molecular weight excluding hydrogens is 242 g/mol. The average molecular weight is 257 g/mol. The first-order valence-electron chi connectivity index (χ1n) is 5.34. The predicted molar refractivity (Wildman–Crippen MR) is 59.9 cm³/mol. The van der Waals surface area contributed by atoms with Gasteiger partial charge < -0.3 is 20.5 Å². The molecule has 0 aliphatic carbocycles. The smallest absolute Gasteiger partial charge is 0.329 e. The molecule has 0 aliphatic rings. The van der Waals surface area contributed by atoms with E-state index in [1.165, 1.54) is 0 Å². The van der Waals surface area contributed by atoms with Crippen molar-refractivity contribution in [3.05, 3.63) is 12.4 Å². The van der Waals surface area contributed by atoms with E-state index in [1.807, 2.05) is 0 Å². The first-order chi connectivity index (χ1) is 8.68. The van der Waals surface area contributed by atoms with Gasteiger partial charge in [0.25, 0.3) is 0 Å². The number of carboxylic acids is 1. The Bertz CT molecular complexity index is 367. The molecule has 1 heterocycles. The Hall–Kier alpha value is -2.16. The maximum absolute atomic E-state index is 11.2. The number of carboxylic acid groups (broad SMARTS) is 1. The van der Waals surface area contributed by atoms with E-state index < -0.39 is 5.97 Å². The predicted octanol–water partition coefficient (Wildman–Crippen LogP) is -1.32. The van der Waals surface area contributed by atoms with Gasteiger partial charge in [-0.05, 0) is 0 Å². The second-order valence-electron chi connectivity index (χ2n) is 3.30. The lowest BCUT2D eigenvalue weighted by molar-refractivity contribution is -0.142. The van der Waals surface area contributed by atoms with Crippen LogP contribution >= 0.6 is 0 Å². The second-order valence-corrected chi connectivity index (χ2v) is 3.30. The minimum atomic E-state index is -1.03. The summed E-state index contributed by atoms with van der Waals surface area (Å²) >= 11 is 0. The van der Waals surface area contributed by atoms with Crippen molar-refractivity contribution in [1.82, 2.24) is 25.6 Å². The van der Waals surface area contributed by atoms with E-state index in [2.05, 4.69) is 20.9 Å². The van der Waals surface area contributed by atoms with Crippen LogP contribution in [-0.2, 0) is 16.1 Å². The number of nitrogens with zero attached hydrogens (tertiary/aromatic N) is 3. The summed E-state index contributed by atoms with van der Waals surface area (Å²) in [6.45, 7) is 0.995. The van der Waals surface area contributed by atoms with Gasteiger partial charge in [-0.25, -0.2) is 9.59 Å². The van der Waals surface area contributed by atoms with E-state index >= 15 is 0 Å². The van der Waals surface area contributed by atoms with E-state index in [-0.39, 0.29) is 25.8 Å². The van der Waals surface area contributed by atoms with Gasteiger partial charge in [-0.2, -0.15) is 0 Å². The Morgan fingerprint density at radius 2 is 2.11 bits per heavy atom. The summed E-state index contributed by atoms with van der Waals surface area (Å²) in [6.07, 6.45) is 3.25. The summed E-state index contributed by atoms with van der Waals surface area (Å²) in [6, 6.07) is -0.339. The Balaban J connectivity index is 1.95. The van der Waals surface area contributed by atoms with Crippen LogP contribution in [0.1, 0.15) is 0 Å². The molecular formula is C9H15N5O4. The molecule has 0 fully saturated rings. The fraction of sp³-hybridized carbons (Fsp3) is 0.556. The van der Waals surface area contributed by atoms with Crippen LogP contribution in [0.4, 0.5) is 4.79 Å². The molecule has 18 heavy (non-hydrogen) atoms. The average Bonchev–Trinajstić information content (AvgIpc) is 2.81. The van der Waals surface area contributed by atoms with Gasteiger partial charge >= 0.3 is 12.0 Å². The third-order valence-electron chi connectivity index (χ3n) is 1.86. The van der Waals surface area contributed by atoms with Crippen LogP contribution in [0, 0.1) is 0 Å². The van der Waals surface area contributed by atoms with Crippen molar-refractivity contribution in [3.8, 4) is 0 Å². The minimum absolute atomic E-state index is 0.156. The van der Waals surface area contributed by atoms with E-state index in [1.54, 1.807) is 17.1 Å². The van der Waals surface area contributed by atoms with Gasteiger partial charge in [0, 0.05) is 19.3 Å². The number of amides is 2. The highest BCUT2D eigenvalue weighted by Gasteiger charge is 2.00. The highest BCUT2D eigenvalue weighted by Crippen LogP contribution is 1.79. The molecule has 0 aliphatic heterocycles. The normalized spacial score (nSPS) is 10.0. The Kier molecular flexibility index (Phi) is 6.19. The van der Waals surface area contributed by atoms with E-state index in [9.17, 15) is 9.59 Å². The molecule has 1 aromatic rings. The minimum Gasteiger partial charge on any atom is -0.480 e. The number of rotatable bonds is 8. The zero-order valence-electron chi connectivity index (χ0n) is 9.70. The number of aliphatic carboxylic acids is 1. The van der Waals surface area contributed by atoms with E-state index in [4.69, 9.17) is 9.84 Å². The molecule has 100 valence electrons. The van der Waals surface area contributed by atoms with Crippen molar-refractivity contribution in [3.63, 3.8) is 0 Å². The van der Waals surface area contributed by atoms with Gasteiger partial charge in [-0.3, -0.25) is 4.68 Å². The number of carbonyl (C=O) groups excluding carboxylic acids is 1. The summed E-state index contributed by atoms with van der Waals surface area (Å²) in [7, 11) is 0. The highest BCUT2D eigenvalue weighted by molar-refractivity contribution is 5.73. The number of aromatic nitrogens is 3. The van der Waals surface area contributed by atoms with Gasteiger partial charge in [-0.15, -0.1) is 5.10 Å². The largest absolute Gasteiger partial charge is 0.480 e. The monoisotopic (exact) mass is 257 g/mol. The molecule has 3 N–H and O–H groups in total. The maximum Gasteiger partial charge on any atom is 0.329 e. The first kappa shape index (κ1) is 13.9. The van der Waals surface area contributed by atoms with Gasteiger partial charge in [0.05, 0.1) is 19.3 Å². The molecule has 0 radical (unpaired) electrons. The van der Waals surface area contributed by atoms with Crippen molar-refractivity contribution in [1.29, 1.82) is 0 Å². The first-order valence-corrected chi connectivity index (χ1v) is 5.34. The van der Waals surface area contributed by atoms with E-state index in [0.717, 1.165) is 0 Å². The van der Waals surface area contributed by atoms with Crippen LogP contribution in [0.5, 0.6) is 0 Å². The molecule has 0 saturated carbocycles. The standard InChI is InChI=1S/C9H15N5O4/c15-8(16)7-18-6-3-11-9(17)10-1-4-14-5-2-12-13-14/h2,5H,1,3-4,6-7H2,(H,15,16)(H2,10,11,17).